The molecule has 120 valence electrons. The summed E-state index contributed by atoms with van der Waals surface area (Å²) in [6.45, 7) is -0.318. The van der Waals surface area contributed by atoms with Crippen molar-refractivity contribution in [3.05, 3.63) is 11.0 Å². The van der Waals surface area contributed by atoms with Crippen LogP contribution in [0, 0.1) is 4.64 Å². The van der Waals surface area contributed by atoms with Crippen molar-refractivity contribution in [3.63, 3.8) is 0 Å². The molecule has 0 bridgehead atoms. The molecule has 22 heavy (non-hydrogen) atoms. The first-order valence-corrected chi connectivity index (χ1v) is 7.06. The van der Waals surface area contributed by atoms with Crippen LogP contribution < -0.4 is 5.73 Å². The van der Waals surface area contributed by atoms with Gasteiger partial charge in [-0.2, -0.15) is 4.98 Å². The molecular formula is C12H17N5O4S. The molecule has 4 atom stereocenters. The predicted octanol–water partition coefficient (Wildman–Crippen LogP) is -0.653. The maximum absolute atomic E-state index is 10.1. The van der Waals surface area contributed by atoms with Crippen molar-refractivity contribution in [1.29, 1.82) is 0 Å². The number of ether oxygens (including phenoxy) is 2. The van der Waals surface area contributed by atoms with Gasteiger partial charge in [0.1, 0.15) is 28.5 Å². The Kier molecular flexibility index (Phi) is 3.87. The number of methoxy groups -OCH3 is 1. The lowest BCUT2D eigenvalue weighted by Gasteiger charge is -2.20. The number of hydrogen-bond acceptors (Lipinski definition) is 8. The highest BCUT2D eigenvalue weighted by Crippen LogP contribution is 2.33. The van der Waals surface area contributed by atoms with Crippen LogP contribution in [0.3, 0.4) is 0 Å². The molecule has 1 aliphatic rings. The molecular weight excluding hydrogens is 310 g/mol. The minimum absolute atomic E-state index is 0.241. The summed E-state index contributed by atoms with van der Waals surface area (Å²) in [6, 6.07) is 0. The van der Waals surface area contributed by atoms with Gasteiger partial charge in [-0.05, 0) is 0 Å². The van der Waals surface area contributed by atoms with E-state index in [0.717, 1.165) is 0 Å². The fourth-order valence-electron chi connectivity index (χ4n) is 2.60. The lowest BCUT2D eigenvalue weighted by molar-refractivity contribution is -0.0583. The SMILES string of the molecule is CO[C@@H]1[C@H](O)[C@@H](CO)O[C@H]1n1cnc2c(=S)n(C)c(N)nc21. The second-order valence-corrected chi connectivity index (χ2v) is 5.48. The number of aliphatic hydroxyl groups is 2. The van der Waals surface area contributed by atoms with Crippen LogP contribution in [0.1, 0.15) is 6.23 Å². The van der Waals surface area contributed by atoms with E-state index in [4.69, 9.17) is 27.4 Å². The van der Waals surface area contributed by atoms with Crippen LogP contribution in [0.15, 0.2) is 6.33 Å². The maximum atomic E-state index is 10.1. The molecule has 0 unspecified atom stereocenters. The van der Waals surface area contributed by atoms with Gasteiger partial charge < -0.3 is 30.0 Å². The number of nitrogen functional groups attached to an aromatic ring is 1. The van der Waals surface area contributed by atoms with E-state index < -0.39 is 24.5 Å². The number of nitrogens with two attached hydrogens (primary N) is 1. The smallest absolute Gasteiger partial charge is 0.203 e. The number of rotatable bonds is 3. The number of imidazole rings is 1. The second kappa shape index (κ2) is 5.56. The average molecular weight is 327 g/mol. The van der Waals surface area contributed by atoms with Crippen molar-refractivity contribution in [2.75, 3.05) is 19.5 Å². The van der Waals surface area contributed by atoms with Gasteiger partial charge in [0.15, 0.2) is 11.9 Å². The Morgan fingerprint density at radius 3 is 2.91 bits per heavy atom. The zero-order valence-electron chi connectivity index (χ0n) is 12.1. The van der Waals surface area contributed by atoms with Crippen molar-refractivity contribution >= 4 is 29.3 Å². The molecule has 2 aromatic rings. The maximum Gasteiger partial charge on any atom is 0.203 e. The van der Waals surface area contributed by atoms with E-state index in [1.807, 2.05) is 0 Å². The molecule has 3 rings (SSSR count). The van der Waals surface area contributed by atoms with Crippen LogP contribution >= 0.6 is 12.2 Å². The van der Waals surface area contributed by atoms with E-state index in [2.05, 4.69) is 9.97 Å². The molecule has 0 aliphatic carbocycles. The van der Waals surface area contributed by atoms with E-state index in [9.17, 15) is 10.2 Å². The highest BCUT2D eigenvalue weighted by molar-refractivity contribution is 7.71. The minimum atomic E-state index is -0.961. The van der Waals surface area contributed by atoms with Crippen LogP contribution in [0.4, 0.5) is 5.95 Å². The molecule has 10 heteroatoms. The van der Waals surface area contributed by atoms with Gasteiger partial charge in [-0.25, -0.2) is 4.98 Å². The average Bonchev–Trinajstić information content (AvgIpc) is 3.05. The van der Waals surface area contributed by atoms with Crippen molar-refractivity contribution in [2.24, 2.45) is 7.05 Å². The van der Waals surface area contributed by atoms with Gasteiger partial charge in [-0.1, -0.05) is 12.2 Å². The summed E-state index contributed by atoms with van der Waals surface area (Å²) in [5.41, 5.74) is 6.79. The molecule has 4 N–H and O–H groups in total. The molecule has 1 saturated heterocycles. The second-order valence-electron chi connectivity index (χ2n) is 5.10. The highest BCUT2D eigenvalue weighted by Gasteiger charge is 2.45. The van der Waals surface area contributed by atoms with Gasteiger partial charge in [0.2, 0.25) is 5.95 Å². The van der Waals surface area contributed by atoms with Crippen LogP contribution in [-0.2, 0) is 16.5 Å². The van der Waals surface area contributed by atoms with Crippen molar-refractivity contribution in [3.8, 4) is 0 Å². The fraction of sp³-hybridized carbons (Fsp3) is 0.583. The highest BCUT2D eigenvalue weighted by atomic mass is 32.1. The summed E-state index contributed by atoms with van der Waals surface area (Å²) in [5.74, 6) is 0.241. The monoisotopic (exact) mass is 327 g/mol. The van der Waals surface area contributed by atoms with Gasteiger partial charge >= 0.3 is 0 Å². The fourth-order valence-corrected chi connectivity index (χ4v) is 2.83. The Morgan fingerprint density at radius 1 is 1.55 bits per heavy atom. The van der Waals surface area contributed by atoms with Gasteiger partial charge in [0, 0.05) is 14.2 Å². The molecule has 0 saturated carbocycles. The summed E-state index contributed by atoms with van der Waals surface area (Å²) in [6.07, 6.45) is -1.54. The third-order valence-electron chi connectivity index (χ3n) is 3.88. The van der Waals surface area contributed by atoms with Crippen LogP contribution in [-0.4, -0.2) is 61.3 Å². The van der Waals surface area contributed by atoms with E-state index in [1.54, 1.807) is 16.2 Å². The molecule has 1 aliphatic heterocycles. The van der Waals surface area contributed by atoms with Crippen LogP contribution in [0.5, 0.6) is 0 Å². The first kappa shape index (κ1) is 15.3. The van der Waals surface area contributed by atoms with E-state index in [1.165, 1.54) is 13.4 Å². The van der Waals surface area contributed by atoms with Crippen LogP contribution in [0.2, 0.25) is 0 Å². The predicted molar refractivity (Wildman–Crippen MR) is 79.5 cm³/mol. The Hall–Kier alpha value is -1.59. The number of fused-ring (bicyclic) bond motifs is 1. The summed E-state index contributed by atoms with van der Waals surface area (Å²) in [4.78, 5) is 8.53. The number of aromatic nitrogens is 4. The van der Waals surface area contributed by atoms with E-state index in [0.29, 0.717) is 15.8 Å². The molecule has 0 aromatic carbocycles. The Bertz CT molecular complexity index is 760. The standard InChI is InChI=1S/C12H17N5O4S/c1-16-11(22)6-9(15-12(16)13)17(4-14-6)10-8(20-2)7(19)5(3-18)21-10/h4-5,7-8,10,18-19H,3H2,1-2H3,(H2,13,15)/t5-,7-,8-,10-/m1/s1. The van der Waals surface area contributed by atoms with E-state index >= 15 is 0 Å². The third kappa shape index (κ3) is 2.11. The van der Waals surface area contributed by atoms with Gasteiger partial charge in [0.05, 0.1) is 12.9 Å². The summed E-state index contributed by atoms with van der Waals surface area (Å²) >= 11 is 5.30. The summed E-state index contributed by atoms with van der Waals surface area (Å²) in [5, 5.41) is 19.4. The zero-order chi connectivity index (χ0) is 16.0. The largest absolute Gasteiger partial charge is 0.394 e. The molecule has 9 nitrogen and oxygen atoms in total. The normalized spacial score (nSPS) is 28.5. The molecule has 0 radical (unpaired) electrons. The number of nitrogens with zero attached hydrogens (tertiary/aromatic N) is 4. The minimum Gasteiger partial charge on any atom is -0.394 e. The molecule has 3 heterocycles. The third-order valence-corrected chi connectivity index (χ3v) is 4.35. The van der Waals surface area contributed by atoms with Gasteiger partial charge in [-0.3, -0.25) is 4.57 Å². The number of anilines is 1. The first-order chi connectivity index (χ1) is 10.5. The molecule has 2 aromatic heterocycles. The Labute approximate surface area is 130 Å². The van der Waals surface area contributed by atoms with Gasteiger partial charge in [0.25, 0.3) is 0 Å². The zero-order valence-corrected chi connectivity index (χ0v) is 12.9. The van der Waals surface area contributed by atoms with E-state index in [-0.39, 0.29) is 12.6 Å². The topological polar surface area (TPSA) is 121 Å². The molecule has 0 spiro atoms. The summed E-state index contributed by atoms with van der Waals surface area (Å²) < 4.78 is 14.6. The lowest BCUT2D eigenvalue weighted by Crippen LogP contribution is -2.34. The van der Waals surface area contributed by atoms with Crippen LogP contribution in [0.25, 0.3) is 11.2 Å². The molecule has 1 fully saturated rings. The van der Waals surface area contributed by atoms with Crippen molar-refractivity contribution < 1.29 is 19.7 Å². The van der Waals surface area contributed by atoms with Crippen molar-refractivity contribution in [1.82, 2.24) is 19.1 Å². The summed E-state index contributed by atoms with van der Waals surface area (Å²) in [7, 11) is 3.17. The Balaban J connectivity index is 2.13. The molecule has 0 amide bonds. The quantitative estimate of drug-likeness (QED) is 0.636. The lowest BCUT2D eigenvalue weighted by atomic mass is 10.1. The van der Waals surface area contributed by atoms with Gasteiger partial charge in [-0.15, -0.1) is 0 Å². The number of aliphatic hydroxyl groups excluding tert-OH is 2. The number of hydrogen-bond donors (Lipinski definition) is 3. The Morgan fingerprint density at radius 2 is 2.27 bits per heavy atom. The van der Waals surface area contributed by atoms with Crippen molar-refractivity contribution in [2.45, 2.75) is 24.5 Å². The first-order valence-electron chi connectivity index (χ1n) is 6.65.